The van der Waals surface area contributed by atoms with Gasteiger partial charge in [-0.15, -0.1) is 0 Å². The smallest absolute Gasteiger partial charge is 0.329 e. The van der Waals surface area contributed by atoms with Gasteiger partial charge in [-0.2, -0.15) is 0 Å². The highest BCUT2D eigenvalue weighted by Gasteiger charge is 2.35. The highest BCUT2D eigenvalue weighted by atomic mass is 32.2. The lowest BCUT2D eigenvalue weighted by molar-refractivity contribution is 0.143. The fourth-order valence-electron chi connectivity index (χ4n) is 2.19. The molecule has 0 saturated heterocycles. The van der Waals surface area contributed by atoms with Crippen LogP contribution in [0.25, 0.3) is 0 Å². The van der Waals surface area contributed by atoms with E-state index in [4.69, 9.17) is 0 Å². The van der Waals surface area contributed by atoms with Crippen molar-refractivity contribution in [2.45, 2.75) is 44.1 Å². The van der Waals surface area contributed by atoms with Gasteiger partial charge in [0.1, 0.15) is 0 Å². The van der Waals surface area contributed by atoms with Crippen molar-refractivity contribution in [2.24, 2.45) is 0 Å². The van der Waals surface area contributed by atoms with E-state index in [1.807, 2.05) is 29.0 Å². The predicted molar refractivity (Wildman–Crippen MR) is 79.2 cm³/mol. The fraction of sp³-hybridized carbons (Fsp3) is 0.500. The van der Waals surface area contributed by atoms with E-state index >= 15 is 0 Å². The zero-order valence-corrected chi connectivity index (χ0v) is 13.1. The summed E-state index contributed by atoms with van der Waals surface area (Å²) in [4.78, 5) is 11.9. The molecule has 0 unspecified atom stereocenters. The van der Waals surface area contributed by atoms with Gasteiger partial charge in [-0.3, -0.25) is 0 Å². The van der Waals surface area contributed by atoms with E-state index < -0.39 is 32.9 Å². The SMILES string of the molecule is CC(C)(C)S(=O)(=O)NC(=O)N[C@H]1c2ccccc2C[C@H]1O. The third kappa shape index (κ3) is 3.19. The number of amides is 2. The number of sulfonamides is 1. The number of hydrogen-bond acceptors (Lipinski definition) is 4. The monoisotopic (exact) mass is 312 g/mol. The van der Waals surface area contributed by atoms with E-state index in [0.717, 1.165) is 11.1 Å². The van der Waals surface area contributed by atoms with E-state index in [1.165, 1.54) is 20.8 Å². The summed E-state index contributed by atoms with van der Waals surface area (Å²) in [7, 11) is -3.78. The molecule has 2 atom stereocenters. The standard InChI is InChI=1S/C14H20N2O4S/c1-14(2,3)21(19,20)16-13(18)15-12-10-7-5-4-6-9(10)8-11(12)17/h4-7,11-12,17H,8H2,1-3H3,(H2,15,16,18)/t11-,12+/m1/s1. The van der Waals surface area contributed by atoms with Crippen LogP contribution in [0, 0.1) is 0 Å². The Labute approximate surface area is 124 Å². The fourth-order valence-corrected chi connectivity index (χ4v) is 2.80. The van der Waals surface area contributed by atoms with Crippen LogP contribution in [0.5, 0.6) is 0 Å². The lowest BCUT2D eigenvalue weighted by atomic mass is 10.1. The first-order valence-corrected chi connectivity index (χ1v) is 8.19. The Bertz CT molecular complexity index is 649. The average molecular weight is 312 g/mol. The molecule has 0 aliphatic heterocycles. The second-order valence-electron chi connectivity index (χ2n) is 6.14. The van der Waals surface area contributed by atoms with Crippen LogP contribution >= 0.6 is 0 Å². The Hall–Kier alpha value is -1.60. The molecule has 3 N–H and O–H groups in total. The second-order valence-corrected chi connectivity index (χ2v) is 8.58. The molecule has 1 aliphatic rings. The number of fused-ring (bicyclic) bond motifs is 1. The molecule has 0 heterocycles. The van der Waals surface area contributed by atoms with Crippen molar-refractivity contribution in [3.05, 3.63) is 35.4 Å². The number of urea groups is 1. The molecule has 0 aromatic heterocycles. The van der Waals surface area contributed by atoms with E-state index in [-0.39, 0.29) is 0 Å². The normalized spacial score (nSPS) is 21.7. The number of benzene rings is 1. The Morgan fingerprint density at radius 3 is 2.52 bits per heavy atom. The Morgan fingerprint density at radius 2 is 1.90 bits per heavy atom. The summed E-state index contributed by atoms with van der Waals surface area (Å²) < 4.78 is 24.8. The summed E-state index contributed by atoms with van der Waals surface area (Å²) in [6.45, 7) is 4.51. The molecule has 21 heavy (non-hydrogen) atoms. The molecule has 0 saturated carbocycles. The van der Waals surface area contributed by atoms with E-state index in [2.05, 4.69) is 5.32 Å². The average Bonchev–Trinajstić information content (AvgIpc) is 2.64. The first-order valence-electron chi connectivity index (χ1n) is 6.70. The van der Waals surface area contributed by atoms with Gasteiger partial charge in [0.25, 0.3) is 0 Å². The van der Waals surface area contributed by atoms with Crippen LogP contribution in [0.3, 0.4) is 0 Å². The molecular formula is C14H20N2O4S. The summed E-state index contributed by atoms with van der Waals surface area (Å²) in [5.74, 6) is 0. The number of hydrogen-bond donors (Lipinski definition) is 3. The van der Waals surface area contributed by atoms with Gasteiger partial charge in [0.05, 0.1) is 16.9 Å². The number of aliphatic hydroxyl groups excluding tert-OH is 1. The van der Waals surface area contributed by atoms with E-state index in [9.17, 15) is 18.3 Å². The topological polar surface area (TPSA) is 95.5 Å². The van der Waals surface area contributed by atoms with Crippen molar-refractivity contribution in [1.29, 1.82) is 0 Å². The molecule has 1 aliphatic carbocycles. The van der Waals surface area contributed by atoms with Gasteiger partial charge in [-0.25, -0.2) is 17.9 Å². The molecule has 0 spiro atoms. The van der Waals surface area contributed by atoms with Crippen LogP contribution in [-0.2, 0) is 16.4 Å². The van der Waals surface area contributed by atoms with Gasteiger partial charge in [0.15, 0.2) is 0 Å². The predicted octanol–water partition coefficient (Wildman–Crippen LogP) is 1.07. The molecule has 116 valence electrons. The van der Waals surface area contributed by atoms with Crippen LogP contribution in [0.2, 0.25) is 0 Å². The van der Waals surface area contributed by atoms with Gasteiger partial charge >= 0.3 is 6.03 Å². The van der Waals surface area contributed by atoms with Gasteiger partial charge in [0.2, 0.25) is 10.0 Å². The van der Waals surface area contributed by atoms with Crippen LogP contribution < -0.4 is 10.0 Å². The Morgan fingerprint density at radius 1 is 1.29 bits per heavy atom. The van der Waals surface area contributed by atoms with Gasteiger partial charge < -0.3 is 10.4 Å². The second kappa shape index (κ2) is 5.31. The van der Waals surface area contributed by atoms with Crippen molar-refractivity contribution in [1.82, 2.24) is 10.0 Å². The first kappa shape index (κ1) is 15.8. The highest BCUT2D eigenvalue weighted by Crippen LogP contribution is 2.31. The Kier molecular flexibility index (Phi) is 3.99. The maximum Gasteiger partial charge on any atom is 0.329 e. The summed E-state index contributed by atoms with van der Waals surface area (Å²) in [6, 6.07) is 5.94. The third-order valence-electron chi connectivity index (χ3n) is 3.52. The molecule has 0 bridgehead atoms. The largest absolute Gasteiger partial charge is 0.390 e. The maximum absolute atomic E-state index is 11.9. The molecule has 2 rings (SSSR count). The zero-order valence-electron chi connectivity index (χ0n) is 12.3. The number of aliphatic hydroxyl groups is 1. The quantitative estimate of drug-likeness (QED) is 0.761. The molecular weight excluding hydrogens is 292 g/mol. The third-order valence-corrected chi connectivity index (χ3v) is 5.59. The summed E-state index contributed by atoms with van der Waals surface area (Å²) >= 11 is 0. The van der Waals surface area contributed by atoms with Gasteiger partial charge in [-0.1, -0.05) is 24.3 Å². The van der Waals surface area contributed by atoms with Crippen LogP contribution in [0.1, 0.15) is 37.9 Å². The molecule has 0 fully saturated rings. The van der Waals surface area contributed by atoms with Crippen LogP contribution in [0.15, 0.2) is 24.3 Å². The molecule has 2 amide bonds. The van der Waals surface area contributed by atoms with Crippen molar-refractivity contribution in [3.8, 4) is 0 Å². The minimum absolute atomic E-state index is 0.438. The van der Waals surface area contributed by atoms with Gasteiger partial charge in [-0.05, 0) is 31.9 Å². The lowest BCUT2D eigenvalue weighted by Crippen LogP contribution is -2.48. The first-order chi connectivity index (χ1) is 9.62. The summed E-state index contributed by atoms with van der Waals surface area (Å²) in [5.41, 5.74) is 1.77. The molecule has 7 heteroatoms. The van der Waals surface area contributed by atoms with Crippen molar-refractivity contribution >= 4 is 16.1 Å². The molecule has 1 aromatic carbocycles. The number of rotatable bonds is 2. The van der Waals surface area contributed by atoms with Crippen molar-refractivity contribution < 1.29 is 18.3 Å². The van der Waals surface area contributed by atoms with Crippen LogP contribution in [-0.4, -0.2) is 30.4 Å². The lowest BCUT2D eigenvalue weighted by Gasteiger charge is -2.22. The number of carbonyl (C=O) groups is 1. The van der Waals surface area contributed by atoms with Crippen LogP contribution in [0.4, 0.5) is 4.79 Å². The minimum atomic E-state index is -3.78. The summed E-state index contributed by atoms with van der Waals surface area (Å²) in [6.07, 6.45) is -0.321. The zero-order chi connectivity index (χ0) is 15.8. The molecule has 0 radical (unpaired) electrons. The maximum atomic E-state index is 11.9. The number of carbonyl (C=O) groups excluding carboxylic acids is 1. The highest BCUT2D eigenvalue weighted by molar-refractivity contribution is 7.91. The Balaban J connectivity index is 2.11. The van der Waals surface area contributed by atoms with E-state index in [1.54, 1.807) is 0 Å². The molecule has 1 aromatic rings. The molecule has 6 nitrogen and oxygen atoms in total. The summed E-state index contributed by atoms with van der Waals surface area (Å²) in [5, 5.41) is 12.6. The number of nitrogens with one attached hydrogen (secondary N) is 2. The van der Waals surface area contributed by atoms with Crippen molar-refractivity contribution in [3.63, 3.8) is 0 Å². The van der Waals surface area contributed by atoms with Crippen molar-refractivity contribution in [2.75, 3.05) is 0 Å². The van der Waals surface area contributed by atoms with Gasteiger partial charge in [0, 0.05) is 6.42 Å². The minimum Gasteiger partial charge on any atom is -0.390 e. The van der Waals surface area contributed by atoms with E-state index in [0.29, 0.717) is 6.42 Å².